The van der Waals surface area contributed by atoms with Crippen LogP contribution in [0.15, 0.2) is 24.3 Å². The van der Waals surface area contributed by atoms with Crippen LogP contribution < -0.4 is 10.2 Å². The first-order valence-electron chi connectivity index (χ1n) is 8.58. The molecule has 3 rings (SSSR count). The number of benzene rings is 1. The number of hydrogen-bond donors (Lipinski definition) is 2. The summed E-state index contributed by atoms with van der Waals surface area (Å²) in [6.45, 7) is 6.08. The van der Waals surface area contributed by atoms with Gasteiger partial charge in [-0.3, -0.25) is 9.69 Å². The van der Waals surface area contributed by atoms with Crippen molar-refractivity contribution in [3.63, 3.8) is 0 Å². The lowest BCUT2D eigenvalue weighted by Gasteiger charge is -2.58. The van der Waals surface area contributed by atoms with Gasteiger partial charge in [-0.05, 0) is 25.5 Å². The molecule has 1 fully saturated rings. The van der Waals surface area contributed by atoms with Gasteiger partial charge in [-0.25, -0.2) is 4.79 Å². The van der Waals surface area contributed by atoms with Crippen LogP contribution in [0.3, 0.4) is 0 Å². The van der Waals surface area contributed by atoms with Gasteiger partial charge in [-0.1, -0.05) is 25.1 Å². The third kappa shape index (κ3) is 2.55. The van der Waals surface area contributed by atoms with Gasteiger partial charge in [0, 0.05) is 30.6 Å². The number of hydrogen-bond acceptors (Lipinski definition) is 3. The fraction of sp³-hybridized carbons (Fsp3) is 0.556. The summed E-state index contributed by atoms with van der Waals surface area (Å²) in [7, 11) is 0. The molecule has 6 heteroatoms. The molecule has 3 atom stereocenters. The largest absolute Gasteiger partial charge is 0.394 e. The number of rotatable bonds is 3. The fourth-order valence-electron chi connectivity index (χ4n) is 3.93. The predicted molar refractivity (Wildman–Crippen MR) is 92.0 cm³/mol. The highest BCUT2D eigenvalue weighted by Gasteiger charge is 2.54. The van der Waals surface area contributed by atoms with E-state index in [4.69, 9.17) is 0 Å². The maximum atomic E-state index is 12.6. The van der Waals surface area contributed by atoms with E-state index < -0.39 is 0 Å². The highest BCUT2D eigenvalue weighted by molar-refractivity contribution is 5.94. The fourth-order valence-corrected chi connectivity index (χ4v) is 3.93. The van der Waals surface area contributed by atoms with Crippen molar-refractivity contribution in [3.05, 3.63) is 29.8 Å². The van der Waals surface area contributed by atoms with Gasteiger partial charge in [0.05, 0.1) is 18.7 Å². The van der Waals surface area contributed by atoms with E-state index in [-0.39, 0.29) is 42.6 Å². The van der Waals surface area contributed by atoms with Gasteiger partial charge in [0.1, 0.15) is 0 Å². The minimum atomic E-state index is -0.195. The maximum absolute atomic E-state index is 12.6. The minimum absolute atomic E-state index is 0.0268. The summed E-state index contributed by atoms with van der Waals surface area (Å²) in [4.78, 5) is 28.4. The predicted octanol–water partition coefficient (Wildman–Crippen LogP) is 1.69. The molecule has 1 saturated heterocycles. The van der Waals surface area contributed by atoms with Crippen molar-refractivity contribution in [3.8, 4) is 0 Å². The number of para-hydroxylation sites is 1. The van der Waals surface area contributed by atoms with Crippen LogP contribution in [-0.2, 0) is 4.79 Å². The Kier molecular flexibility index (Phi) is 4.49. The van der Waals surface area contributed by atoms with Crippen molar-refractivity contribution in [2.75, 3.05) is 18.1 Å². The first-order valence-corrected chi connectivity index (χ1v) is 8.58. The number of aliphatic hydroxyl groups excluding tert-OH is 1. The van der Waals surface area contributed by atoms with Crippen LogP contribution in [-0.4, -0.2) is 53.2 Å². The van der Waals surface area contributed by atoms with Crippen molar-refractivity contribution in [2.45, 2.75) is 51.2 Å². The summed E-state index contributed by atoms with van der Waals surface area (Å²) in [6, 6.07) is 7.42. The number of anilines is 1. The second-order valence-corrected chi connectivity index (χ2v) is 6.77. The van der Waals surface area contributed by atoms with Crippen molar-refractivity contribution >= 4 is 17.6 Å². The maximum Gasteiger partial charge on any atom is 0.322 e. The van der Waals surface area contributed by atoms with Gasteiger partial charge in [0.15, 0.2) is 0 Å². The number of amides is 3. The van der Waals surface area contributed by atoms with Gasteiger partial charge < -0.3 is 15.3 Å². The molecule has 1 aromatic rings. The van der Waals surface area contributed by atoms with Gasteiger partial charge in [-0.15, -0.1) is 0 Å². The lowest BCUT2D eigenvalue weighted by atomic mass is 9.72. The molecule has 2 aliphatic heterocycles. The average Bonchev–Trinajstić information content (AvgIpc) is 2.54. The number of nitrogens with one attached hydrogen (secondary N) is 1. The summed E-state index contributed by atoms with van der Waals surface area (Å²) in [6.07, 6.45) is 0.402. The van der Waals surface area contributed by atoms with E-state index in [1.165, 1.54) is 0 Å². The lowest BCUT2D eigenvalue weighted by Crippen LogP contribution is -2.71. The summed E-state index contributed by atoms with van der Waals surface area (Å²) < 4.78 is 0. The molecule has 0 aromatic heterocycles. The Bertz CT molecular complexity index is 646. The number of nitrogens with zero attached hydrogens (tertiary/aromatic N) is 2. The van der Waals surface area contributed by atoms with Gasteiger partial charge in [-0.2, -0.15) is 0 Å². The third-order valence-corrected chi connectivity index (χ3v) is 4.93. The zero-order valence-corrected chi connectivity index (χ0v) is 14.4. The normalized spacial score (nSPS) is 25.0. The Labute approximate surface area is 142 Å². The molecule has 6 nitrogen and oxygen atoms in total. The summed E-state index contributed by atoms with van der Waals surface area (Å²) in [5, 5.41) is 12.7. The molecular formula is C18H25N3O3. The van der Waals surface area contributed by atoms with Crippen LogP contribution in [0.4, 0.5) is 10.5 Å². The topological polar surface area (TPSA) is 72.9 Å². The first kappa shape index (κ1) is 16.8. The molecule has 0 unspecified atom stereocenters. The highest BCUT2D eigenvalue weighted by atomic mass is 16.3. The van der Waals surface area contributed by atoms with Crippen LogP contribution in [0.5, 0.6) is 0 Å². The molecule has 130 valence electrons. The zero-order chi connectivity index (χ0) is 17.4. The van der Waals surface area contributed by atoms with Gasteiger partial charge in [0.2, 0.25) is 5.91 Å². The smallest absolute Gasteiger partial charge is 0.322 e. The standard InChI is InChI=1S/C18H25N3O3/c1-4-16(23)21-14-9-20(18(24)19-11(2)3)13-8-6-5-7-12(13)17(14)15(21)10-22/h5-8,11,14-15,17,22H,4,9-10H2,1-3H3,(H,19,24)/t14-,15+,17+/m1/s1. The van der Waals surface area contributed by atoms with E-state index in [1.807, 2.05) is 45.0 Å². The molecule has 24 heavy (non-hydrogen) atoms. The van der Waals surface area contributed by atoms with Crippen molar-refractivity contribution in [1.29, 1.82) is 0 Å². The second-order valence-electron chi connectivity index (χ2n) is 6.77. The molecule has 1 aromatic carbocycles. The third-order valence-electron chi connectivity index (χ3n) is 4.93. The molecule has 0 aliphatic carbocycles. The number of likely N-dealkylation sites (tertiary alicyclic amines) is 1. The van der Waals surface area contributed by atoms with Crippen LogP contribution in [0.2, 0.25) is 0 Å². The second kappa shape index (κ2) is 6.43. The van der Waals surface area contributed by atoms with Crippen LogP contribution in [0.25, 0.3) is 0 Å². The Hall–Kier alpha value is -2.08. The molecule has 0 saturated carbocycles. The SMILES string of the molecule is CCC(=O)N1[C@@H]2CN(C(=O)NC(C)C)c3ccccc3[C@@H]2[C@@H]1CO. The van der Waals surface area contributed by atoms with E-state index in [0.29, 0.717) is 13.0 Å². The van der Waals surface area contributed by atoms with Crippen LogP contribution >= 0.6 is 0 Å². The Morgan fingerprint density at radius 2 is 2.04 bits per heavy atom. The lowest BCUT2D eigenvalue weighted by molar-refractivity contribution is -0.149. The number of carbonyl (C=O) groups is 2. The van der Waals surface area contributed by atoms with E-state index in [0.717, 1.165) is 11.3 Å². The number of urea groups is 1. The van der Waals surface area contributed by atoms with Gasteiger partial charge in [0.25, 0.3) is 0 Å². The Morgan fingerprint density at radius 1 is 1.33 bits per heavy atom. The van der Waals surface area contributed by atoms with E-state index in [9.17, 15) is 14.7 Å². The van der Waals surface area contributed by atoms with Gasteiger partial charge >= 0.3 is 6.03 Å². The van der Waals surface area contributed by atoms with E-state index in [1.54, 1.807) is 9.80 Å². The molecule has 2 aliphatic rings. The summed E-state index contributed by atoms with van der Waals surface area (Å²) >= 11 is 0. The monoisotopic (exact) mass is 331 g/mol. The quantitative estimate of drug-likeness (QED) is 0.885. The van der Waals surface area contributed by atoms with E-state index in [2.05, 4.69) is 5.32 Å². The van der Waals surface area contributed by atoms with Crippen LogP contribution in [0.1, 0.15) is 38.7 Å². The number of aliphatic hydroxyl groups is 1. The molecule has 0 radical (unpaired) electrons. The van der Waals surface area contributed by atoms with Crippen molar-refractivity contribution in [1.82, 2.24) is 10.2 Å². The molecule has 0 bridgehead atoms. The zero-order valence-electron chi connectivity index (χ0n) is 14.4. The molecule has 3 amide bonds. The number of carbonyl (C=O) groups excluding carboxylic acids is 2. The average molecular weight is 331 g/mol. The Morgan fingerprint density at radius 3 is 2.67 bits per heavy atom. The van der Waals surface area contributed by atoms with Crippen molar-refractivity contribution in [2.24, 2.45) is 0 Å². The minimum Gasteiger partial charge on any atom is -0.394 e. The first-order chi connectivity index (χ1) is 11.5. The molecular weight excluding hydrogens is 306 g/mol. The highest BCUT2D eigenvalue weighted by Crippen LogP contribution is 2.48. The molecule has 2 heterocycles. The number of fused-ring (bicyclic) bond motifs is 3. The van der Waals surface area contributed by atoms with Crippen LogP contribution in [0, 0.1) is 0 Å². The van der Waals surface area contributed by atoms with E-state index >= 15 is 0 Å². The molecule has 0 spiro atoms. The van der Waals surface area contributed by atoms with Crippen molar-refractivity contribution < 1.29 is 14.7 Å². The molecule has 2 N–H and O–H groups in total. The summed E-state index contributed by atoms with van der Waals surface area (Å²) in [5.41, 5.74) is 1.91. The Balaban J connectivity index is 1.97. The summed E-state index contributed by atoms with van der Waals surface area (Å²) in [5.74, 6) is 0.115.